The highest BCUT2D eigenvalue weighted by atomic mass is 79.9. The number of halogens is 2. The summed E-state index contributed by atoms with van der Waals surface area (Å²) in [5.41, 5.74) is 1.11. The van der Waals surface area contributed by atoms with Crippen LogP contribution in [0.1, 0.15) is 41.4 Å². The quantitative estimate of drug-likeness (QED) is 0.806. The van der Waals surface area contributed by atoms with E-state index in [0.717, 1.165) is 18.5 Å². The van der Waals surface area contributed by atoms with Crippen molar-refractivity contribution in [1.82, 2.24) is 15.2 Å². The second kappa shape index (κ2) is 8.40. The van der Waals surface area contributed by atoms with Crippen LogP contribution < -0.4 is 5.32 Å². The van der Waals surface area contributed by atoms with Gasteiger partial charge in [0.1, 0.15) is 5.82 Å². The Morgan fingerprint density at radius 2 is 2.15 bits per heavy atom. The molecule has 0 aliphatic carbocycles. The Morgan fingerprint density at radius 3 is 2.92 bits per heavy atom. The van der Waals surface area contributed by atoms with Crippen LogP contribution in [0, 0.1) is 5.82 Å². The van der Waals surface area contributed by atoms with Crippen LogP contribution in [0.2, 0.25) is 0 Å². The van der Waals surface area contributed by atoms with E-state index in [1.807, 2.05) is 23.1 Å². The number of nitrogens with one attached hydrogen (secondary N) is 1. The minimum atomic E-state index is -0.482. The maximum Gasteiger partial charge on any atom is 0.252 e. The monoisotopic (exact) mass is 419 g/mol. The van der Waals surface area contributed by atoms with E-state index in [-0.39, 0.29) is 30.5 Å². The van der Waals surface area contributed by atoms with E-state index in [1.165, 1.54) is 18.2 Å². The molecule has 1 atom stereocenters. The summed E-state index contributed by atoms with van der Waals surface area (Å²) in [5.74, 6) is -0.909. The molecule has 1 aliphatic rings. The molecule has 2 heterocycles. The molecular formula is C19H19BrFN3O2. The van der Waals surface area contributed by atoms with Crippen molar-refractivity contribution < 1.29 is 14.0 Å². The van der Waals surface area contributed by atoms with Gasteiger partial charge >= 0.3 is 0 Å². The number of nitrogens with zero attached hydrogens (tertiary/aromatic N) is 2. The van der Waals surface area contributed by atoms with Crippen LogP contribution in [0.3, 0.4) is 0 Å². The fourth-order valence-electron chi connectivity index (χ4n) is 3.14. The highest BCUT2D eigenvalue weighted by Gasteiger charge is 2.30. The molecule has 0 spiro atoms. The van der Waals surface area contributed by atoms with Gasteiger partial charge in [-0.15, -0.1) is 0 Å². The zero-order valence-electron chi connectivity index (χ0n) is 14.1. The number of pyridine rings is 1. The Hall–Kier alpha value is -2.28. The first-order chi connectivity index (χ1) is 12.6. The summed E-state index contributed by atoms with van der Waals surface area (Å²) in [7, 11) is 0. The predicted molar refractivity (Wildman–Crippen MR) is 99.0 cm³/mol. The second-order valence-electron chi connectivity index (χ2n) is 6.13. The summed E-state index contributed by atoms with van der Waals surface area (Å²) < 4.78 is 13.8. The molecule has 7 heteroatoms. The number of rotatable bonds is 5. The Balaban J connectivity index is 1.55. The van der Waals surface area contributed by atoms with Crippen molar-refractivity contribution in [3.63, 3.8) is 0 Å². The third-order valence-electron chi connectivity index (χ3n) is 4.40. The lowest BCUT2D eigenvalue weighted by molar-refractivity contribution is -0.132. The van der Waals surface area contributed by atoms with Crippen molar-refractivity contribution in [3.8, 4) is 0 Å². The van der Waals surface area contributed by atoms with Gasteiger partial charge in [0.05, 0.1) is 17.3 Å². The first-order valence-corrected chi connectivity index (χ1v) is 9.29. The molecule has 2 aromatic rings. The molecule has 1 aromatic heterocycles. The molecule has 1 aromatic carbocycles. The van der Waals surface area contributed by atoms with Gasteiger partial charge in [0, 0.05) is 30.2 Å². The second-order valence-corrected chi connectivity index (χ2v) is 6.98. The average molecular weight is 420 g/mol. The number of likely N-dealkylation sites (tertiary alicyclic amines) is 1. The minimum Gasteiger partial charge on any atom is -0.351 e. The number of carbonyl (C=O) groups is 2. The lowest BCUT2D eigenvalue weighted by Crippen LogP contribution is -2.34. The minimum absolute atomic E-state index is 0.00300. The van der Waals surface area contributed by atoms with Gasteiger partial charge in [-0.2, -0.15) is 0 Å². The summed E-state index contributed by atoms with van der Waals surface area (Å²) in [6.45, 7) is 0.898. The van der Waals surface area contributed by atoms with Crippen molar-refractivity contribution in [1.29, 1.82) is 0 Å². The van der Waals surface area contributed by atoms with Crippen molar-refractivity contribution in [2.45, 2.75) is 25.3 Å². The van der Waals surface area contributed by atoms with E-state index in [0.29, 0.717) is 11.0 Å². The molecule has 1 unspecified atom stereocenters. The largest absolute Gasteiger partial charge is 0.351 e. The predicted octanol–water partition coefficient (Wildman–Crippen LogP) is 3.47. The van der Waals surface area contributed by atoms with Gasteiger partial charge in [-0.1, -0.05) is 6.07 Å². The maximum absolute atomic E-state index is 13.3. The van der Waals surface area contributed by atoms with E-state index in [1.54, 1.807) is 6.20 Å². The molecule has 5 nitrogen and oxygen atoms in total. The molecule has 1 N–H and O–H groups in total. The van der Waals surface area contributed by atoms with E-state index < -0.39 is 11.7 Å². The molecule has 1 saturated heterocycles. The number of carbonyl (C=O) groups excluding carboxylic acids is 2. The van der Waals surface area contributed by atoms with Gasteiger partial charge in [0.2, 0.25) is 5.91 Å². The van der Waals surface area contributed by atoms with Crippen molar-refractivity contribution in [2.24, 2.45) is 0 Å². The van der Waals surface area contributed by atoms with Crippen LogP contribution in [-0.2, 0) is 4.79 Å². The van der Waals surface area contributed by atoms with E-state index in [2.05, 4.69) is 26.2 Å². The molecule has 2 amide bonds. The summed E-state index contributed by atoms with van der Waals surface area (Å²) in [6.07, 6.45) is 3.76. The normalized spacial score (nSPS) is 16.5. The molecule has 26 heavy (non-hydrogen) atoms. The number of aromatic nitrogens is 1. The average Bonchev–Trinajstić information content (AvgIpc) is 3.14. The van der Waals surface area contributed by atoms with Crippen LogP contribution in [0.4, 0.5) is 4.39 Å². The molecule has 1 aliphatic heterocycles. The number of benzene rings is 1. The zero-order valence-corrected chi connectivity index (χ0v) is 15.7. The van der Waals surface area contributed by atoms with Gasteiger partial charge in [-0.05, 0) is 59.1 Å². The fraction of sp³-hybridized carbons (Fsp3) is 0.316. The first-order valence-electron chi connectivity index (χ1n) is 8.50. The zero-order chi connectivity index (χ0) is 18.5. The van der Waals surface area contributed by atoms with Crippen molar-refractivity contribution in [2.75, 3.05) is 13.1 Å². The SMILES string of the molecule is O=C(NCCC(=O)N1CCCC1c1ccccn1)c1cc(F)ccc1Br. The van der Waals surface area contributed by atoms with Crippen LogP contribution in [0.15, 0.2) is 47.1 Å². The molecule has 0 radical (unpaired) electrons. The van der Waals surface area contributed by atoms with Gasteiger partial charge in [0.15, 0.2) is 0 Å². The van der Waals surface area contributed by atoms with E-state index in [4.69, 9.17) is 0 Å². The lowest BCUT2D eigenvalue weighted by Gasteiger charge is -2.24. The van der Waals surface area contributed by atoms with Crippen LogP contribution >= 0.6 is 15.9 Å². The van der Waals surface area contributed by atoms with E-state index in [9.17, 15) is 14.0 Å². The van der Waals surface area contributed by atoms with Crippen LogP contribution in [0.5, 0.6) is 0 Å². The van der Waals surface area contributed by atoms with Crippen molar-refractivity contribution >= 4 is 27.7 Å². The van der Waals surface area contributed by atoms with Gasteiger partial charge < -0.3 is 10.2 Å². The Morgan fingerprint density at radius 1 is 1.31 bits per heavy atom. The van der Waals surface area contributed by atoms with Gasteiger partial charge in [-0.3, -0.25) is 14.6 Å². The highest BCUT2D eigenvalue weighted by Crippen LogP contribution is 2.30. The fourth-order valence-corrected chi connectivity index (χ4v) is 3.57. The molecule has 1 fully saturated rings. The Bertz CT molecular complexity index is 801. The van der Waals surface area contributed by atoms with Crippen LogP contribution in [0.25, 0.3) is 0 Å². The van der Waals surface area contributed by atoms with Crippen LogP contribution in [-0.4, -0.2) is 34.8 Å². The Kier molecular flexibility index (Phi) is 5.98. The number of hydrogen-bond donors (Lipinski definition) is 1. The summed E-state index contributed by atoms with van der Waals surface area (Å²) in [6, 6.07) is 9.62. The Labute approximate surface area is 159 Å². The third-order valence-corrected chi connectivity index (χ3v) is 5.09. The summed E-state index contributed by atoms with van der Waals surface area (Å²) >= 11 is 3.23. The topological polar surface area (TPSA) is 62.3 Å². The standard InChI is InChI=1S/C19H19BrFN3O2/c20-15-7-6-13(21)12-14(15)19(26)23-10-8-18(25)24-11-3-5-17(24)16-4-1-2-9-22-16/h1-2,4,6-7,9,12,17H,3,5,8,10-11H2,(H,23,26). The summed E-state index contributed by atoms with van der Waals surface area (Å²) in [4.78, 5) is 30.9. The lowest BCUT2D eigenvalue weighted by atomic mass is 10.1. The molecule has 0 bridgehead atoms. The molecule has 3 rings (SSSR count). The smallest absolute Gasteiger partial charge is 0.252 e. The molecular weight excluding hydrogens is 401 g/mol. The van der Waals surface area contributed by atoms with Gasteiger partial charge in [0.25, 0.3) is 5.91 Å². The van der Waals surface area contributed by atoms with Gasteiger partial charge in [-0.25, -0.2) is 4.39 Å². The summed E-state index contributed by atoms with van der Waals surface area (Å²) in [5, 5.41) is 2.68. The number of amides is 2. The third kappa shape index (κ3) is 4.27. The molecule has 0 saturated carbocycles. The maximum atomic E-state index is 13.3. The number of hydrogen-bond acceptors (Lipinski definition) is 3. The first kappa shape index (κ1) is 18.5. The van der Waals surface area contributed by atoms with Crippen molar-refractivity contribution in [3.05, 3.63) is 64.1 Å². The molecule has 136 valence electrons. The highest BCUT2D eigenvalue weighted by molar-refractivity contribution is 9.10. The van der Waals surface area contributed by atoms with E-state index >= 15 is 0 Å².